The van der Waals surface area contributed by atoms with Gasteiger partial charge in [-0.25, -0.2) is 13.5 Å². The van der Waals surface area contributed by atoms with Crippen molar-refractivity contribution in [3.05, 3.63) is 72.6 Å². The van der Waals surface area contributed by atoms with E-state index in [9.17, 15) is 22.2 Å². The molecular weight excluding hydrogens is 479 g/mol. The molecule has 1 atom stereocenters. The fraction of sp³-hybridized carbons (Fsp3) is 0.167. The van der Waals surface area contributed by atoms with Gasteiger partial charge >= 0.3 is 6.18 Å². The summed E-state index contributed by atoms with van der Waals surface area (Å²) in [6.07, 6.45) is -0.156. The van der Waals surface area contributed by atoms with Crippen LogP contribution in [0.25, 0.3) is 22.2 Å². The minimum Gasteiger partial charge on any atom is -0.388 e. The average Bonchev–Trinajstić information content (AvgIpc) is 3.26. The standard InChI is InChI=1S/C16H16N4O2S.C8H8F3N/c1-20(2)23(22)13-5-3-4-11(6-13)12-7-14-15(19-10-21)9-18-16(14)17-8-12;1-12-7-4-2-6(3-5-7)8(9,10)11/h3-10H,1-2H3,(H,17,18)(H,19,21);2-5,12H,1H3. The number of rotatable bonds is 6. The maximum atomic E-state index is 12.2. The van der Waals surface area contributed by atoms with Crippen LogP contribution in [0.15, 0.2) is 71.9 Å². The molecule has 3 N–H and O–H groups in total. The number of fused-ring (bicyclic) bond motifs is 1. The Bertz CT molecular complexity index is 1320. The van der Waals surface area contributed by atoms with Crippen molar-refractivity contribution in [2.24, 2.45) is 0 Å². The first-order valence-corrected chi connectivity index (χ1v) is 11.5. The Morgan fingerprint density at radius 3 is 2.37 bits per heavy atom. The smallest absolute Gasteiger partial charge is 0.388 e. The molecule has 2 aromatic carbocycles. The molecule has 0 bridgehead atoms. The van der Waals surface area contributed by atoms with Gasteiger partial charge in [-0.1, -0.05) is 12.1 Å². The van der Waals surface area contributed by atoms with Gasteiger partial charge in [-0.2, -0.15) is 13.2 Å². The van der Waals surface area contributed by atoms with Crippen molar-refractivity contribution in [2.45, 2.75) is 11.1 Å². The van der Waals surface area contributed by atoms with Gasteiger partial charge in [-0.3, -0.25) is 4.79 Å². The van der Waals surface area contributed by atoms with Crippen LogP contribution in [0.2, 0.25) is 0 Å². The van der Waals surface area contributed by atoms with Gasteiger partial charge in [-0.05, 0) is 62.1 Å². The number of carbonyl (C=O) groups excluding carboxylic acids is 1. The molecule has 1 amide bonds. The number of alkyl halides is 3. The number of aromatic amines is 1. The zero-order valence-electron chi connectivity index (χ0n) is 19.2. The fourth-order valence-electron chi connectivity index (χ4n) is 3.17. The summed E-state index contributed by atoms with van der Waals surface area (Å²) < 4.78 is 49.9. The van der Waals surface area contributed by atoms with E-state index in [1.165, 1.54) is 12.1 Å². The number of benzene rings is 2. The lowest BCUT2D eigenvalue weighted by Gasteiger charge is -2.10. The molecule has 7 nitrogen and oxygen atoms in total. The summed E-state index contributed by atoms with van der Waals surface area (Å²) in [5, 5.41) is 6.21. The highest BCUT2D eigenvalue weighted by atomic mass is 32.2. The fourth-order valence-corrected chi connectivity index (χ4v) is 4.01. The maximum Gasteiger partial charge on any atom is 0.416 e. The Morgan fingerprint density at radius 2 is 1.77 bits per heavy atom. The predicted molar refractivity (Wildman–Crippen MR) is 132 cm³/mol. The molecule has 4 aromatic rings. The highest BCUT2D eigenvalue weighted by Crippen LogP contribution is 2.30. The van der Waals surface area contributed by atoms with E-state index in [-0.39, 0.29) is 0 Å². The third-order valence-electron chi connectivity index (χ3n) is 4.95. The van der Waals surface area contributed by atoms with Gasteiger partial charge in [0.2, 0.25) is 6.41 Å². The SMILES string of the molecule is CN(C)S(=O)c1cccc(-c2cnc3[nH]cc(NC=O)c3c2)c1.CNc1ccc(C(F)(F)F)cc1. The van der Waals surface area contributed by atoms with Crippen LogP contribution in [0.1, 0.15) is 5.56 Å². The molecule has 11 heteroatoms. The quantitative estimate of drug-likeness (QED) is 0.318. The van der Waals surface area contributed by atoms with Gasteiger partial charge in [0.1, 0.15) is 16.6 Å². The number of pyridine rings is 1. The van der Waals surface area contributed by atoms with E-state index >= 15 is 0 Å². The summed E-state index contributed by atoms with van der Waals surface area (Å²) in [6, 6.07) is 14.4. The number of nitrogens with one attached hydrogen (secondary N) is 3. The highest BCUT2D eigenvalue weighted by Gasteiger charge is 2.29. The summed E-state index contributed by atoms with van der Waals surface area (Å²) in [5.41, 5.74) is 3.24. The molecule has 0 saturated carbocycles. The largest absolute Gasteiger partial charge is 0.416 e. The minimum absolute atomic E-state index is 0.624. The molecule has 2 aromatic heterocycles. The Kier molecular flexibility index (Phi) is 8.26. The van der Waals surface area contributed by atoms with Crippen molar-refractivity contribution in [2.75, 3.05) is 31.8 Å². The minimum atomic E-state index is -4.24. The normalized spacial score (nSPS) is 12.1. The average molecular weight is 504 g/mol. The second-order valence-corrected chi connectivity index (χ2v) is 9.20. The Morgan fingerprint density at radius 1 is 1.06 bits per heavy atom. The van der Waals surface area contributed by atoms with Crippen LogP contribution in [0.5, 0.6) is 0 Å². The van der Waals surface area contributed by atoms with E-state index in [4.69, 9.17) is 0 Å². The molecule has 4 rings (SSSR count). The summed E-state index contributed by atoms with van der Waals surface area (Å²) >= 11 is 0. The van der Waals surface area contributed by atoms with Gasteiger partial charge in [0.25, 0.3) is 0 Å². The number of halogens is 3. The van der Waals surface area contributed by atoms with Crippen LogP contribution in [0.4, 0.5) is 24.5 Å². The molecular formula is C24H24F3N5O2S. The topological polar surface area (TPSA) is 90.1 Å². The Balaban J connectivity index is 0.000000241. The van der Waals surface area contributed by atoms with Crippen LogP contribution in [-0.2, 0) is 22.0 Å². The zero-order valence-corrected chi connectivity index (χ0v) is 20.0. The van der Waals surface area contributed by atoms with Crippen molar-refractivity contribution in [1.29, 1.82) is 0 Å². The molecule has 0 radical (unpaired) electrons. The maximum absolute atomic E-state index is 12.2. The summed E-state index contributed by atoms with van der Waals surface area (Å²) in [4.78, 5) is 18.8. The molecule has 0 fully saturated rings. The summed E-state index contributed by atoms with van der Waals surface area (Å²) in [7, 11) is 4.00. The number of carbonyl (C=O) groups is 1. The lowest BCUT2D eigenvalue weighted by molar-refractivity contribution is -0.137. The molecule has 2 heterocycles. The van der Waals surface area contributed by atoms with Crippen molar-refractivity contribution in [1.82, 2.24) is 14.3 Å². The van der Waals surface area contributed by atoms with Gasteiger partial charge in [0.15, 0.2) is 0 Å². The summed E-state index contributed by atoms with van der Waals surface area (Å²) in [5.74, 6) is 0. The first-order chi connectivity index (χ1) is 16.6. The van der Waals surface area contributed by atoms with Crippen LogP contribution >= 0.6 is 0 Å². The van der Waals surface area contributed by atoms with E-state index in [1.807, 2.05) is 30.3 Å². The van der Waals surface area contributed by atoms with Crippen LogP contribution < -0.4 is 10.6 Å². The molecule has 0 aliphatic rings. The van der Waals surface area contributed by atoms with Gasteiger partial charge in [-0.15, -0.1) is 0 Å². The first-order valence-electron chi connectivity index (χ1n) is 10.4. The number of nitrogens with zero attached hydrogens (tertiary/aromatic N) is 2. The molecule has 35 heavy (non-hydrogen) atoms. The predicted octanol–water partition coefficient (Wildman–Crippen LogP) is 5.13. The second kappa shape index (κ2) is 11.2. The highest BCUT2D eigenvalue weighted by molar-refractivity contribution is 7.82. The number of hydrogen-bond donors (Lipinski definition) is 3. The van der Waals surface area contributed by atoms with Crippen LogP contribution in [0, 0.1) is 0 Å². The second-order valence-electron chi connectivity index (χ2n) is 7.50. The Hall–Kier alpha value is -3.70. The molecule has 0 saturated heterocycles. The van der Waals surface area contributed by atoms with Crippen molar-refractivity contribution in [3.8, 4) is 11.1 Å². The molecule has 184 valence electrons. The lowest BCUT2D eigenvalue weighted by Crippen LogP contribution is -2.15. The van der Waals surface area contributed by atoms with Crippen molar-refractivity contribution < 1.29 is 22.2 Å². The van der Waals surface area contributed by atoms with E-state index in [2.05, 4.69) is 20.6 Å². The van der Waals surface area contributed by atoms with Gasteiger partial charge in [0, 0.05) is 36.1 Å². The number of H-pyrrole nitrogens is 1. The number of aromatic nitrogens is 2. The van der Waals surface area contributed by atoms with E-state index in [0.29, 0.717) is 23.4 Å². The monoisotopic (exact) mass is 503 g/mol. The Labute approximate surface area is 203 Å². The van der Waals surface area contributed by atoms with Crippen LogP contribution in [0.3, 0.4) is 0 Å². The molecule has 0 spiro atoms. The number of hydrogen-bond acceptors (Lipinski definition) is 4. The molecule has 0 aliphatic carbocycles. The first kappa shape index (κ1) is 25.9. The van der Waals surface area contributed by atoms with E-state index in [1.54, 1.807) is 37.8 Å². The number of amides is 1. The zero-order chi connectivity index (χ0) is 25.6. The lowest BCUT2D eigenvalue weighted by atomic mass is 10.1. The third-order valence-corrected chi connectivity index (χ3v) is 6.27. The van der Waals surface area contributed by atoms with E-state index in [0.717, 1.165) is 33.5 Å². The third kappa shape index (κ3) is 6.46. The van der Waals surface area contributed by atoms with Gasteiger partial charge < -0.3 is 15.6 Å². The van der Waals surface area contributed by atoms with E-state index < -0.39 is 22.7 Å². The summed E-state index contributed by atoms with van der Waals surface area (Å²) in [6.45, 7) is 0. The number of anilines is 2. The molecule has 1 unspecified atom stereocenters. The van der Waals surface area contributed by atoms with Crippen LogP contribution in [-0.4, -0.2) is 46.0 Å². The van der Waals surface area contributed by atoms with Crippen molar-refractivity contribution in [3.63, 3.8) is 0 Å². The molecule has 0 aliphatic heterocycles. The van der Waals surface area contributed by atoms with Crippen molar-refractivity contribution >= 4 is 39.8 Å². The van der Waals surface area contributed by atoms with Gasteiger partial charge in [0.05, 0.1) is 16.1 Å².